The molecule has 0 aliphatic heterocycles. The van der Waals surface area contributed by atoms with Gasteiger partial charge in [-0.15, -0.1) is 0 Å². The van der Waals surface area contributed by atoms with Crippen molar-refractivity contribution in [1.29, 1.82) is 0 Å². The zero-order chi connectivity index (χ0) is 12.7. The van der Waals surface area contributed by atoms with E-state index in [9.17, 15) is 5.11 Å². The van der Waals surface area contributed by atoms with Gasteiger partial charge in [0, 0.05) is 20.1 Å². The first kappa shape index (κ1) is 14.1. The molecule has 6 heteroatoms. The van der Waals surface area contributed by atoms with Gasteiger partial charge in [-0.25, -0.2) is 0 Å². The standard InChI is InChI=1S/C11H21N3O3/c1-8(2)6-16-7-10(15)4-12-5-11-13-9(3)17-14-11/h8,10,12,15H,4-7H2,1-3H3. The molecule has 0 amide bonds. The summed E-state index contributed by atoms with van der Waals surface area (Å²) in [7, 11) is 0. The van der Waals surface area contributed by atoms with Crippen LogP contribution < -0.4 is 5.32 Å². The largest absolute Gasteiger partial charge is 0.389 e. The van der Waals surface area contributed by atoms with Gasteiger partial charge in [-0.3, -0.25) is 0 Å². The minimum Gasteiger partial charge on any atom is -0.389 e. The van der Waals surface area contributed by atoms with Crippen LogP contribution in [0.5, 0.6) is 0 Å². The second kappa shape index (κ2) is 7.37. The predicted octanol–water partition coefficient (Wildman–Crippen LogP) is 0.501. The zero-order valence-corrected chi connectivity index (χ0v) is 10.6. The lowest BCUT2D eigenvalue weighted by atomic mass is 10.2. The van der Waals surface area contributed by atoms with Gasteiger partial charge >= 0.3 is 0 Å². The Kier molecular flexibility index (Phi) is 6.10. The van der Waals surface area contributed by atoms with Crippen molar-refractivity contribution in [3.05, 3.63) is 11.7 Å². The highest BCUT2D eigenvalue weighted by Gasteiger charge is 2.06. The van der Waals surface area contributed by atoms with E-state index in [0.717, 1.165) is 0 Å². The van der Waals surface area contributed by atoms with Crippen molar-refractivity contribution >= 4 is 0 Å². The third kappa shape index (κ3) is 6.35. The number of aliphatic hydroxyl groups excluding tert-OH is 1. The van der Waals surface area contributed by atoms with Gasteiger partial charge in [-0.1, -0.05) is 19.0 Å². The van der Waals surface area contributed by atoms with E-state index in [1.54, 1.807) is 6.92 Å². The summed E-state index contributed by atoms with van der Waals surface area (Å²) >= 11 is 0. The van der Waals surface area contributed by atoms with Crippen molar-refractivity contribution in [2.75, 3.05) is 19.8 Å². The first-order valence-corrected chi connectivity index (χ1v) is 5.83. The number of ether oxygens (including phenoxy) is 1. The van der Waals surface area contributed by atoms with E-state index in [-0.39, 0.29) is 0 Å². The zero-order valence-electron chi connectivity index (χ0n) is 10.6. The number of aromatic nitrogens is 2. The molecular weight excluding hydrogens is 222 g/mol. The molecule has 0 saturated heterocycles. The van der Waals surface area contributed by atoms with Crippen LogP contribution in [0.4, 0.5) is 0 Å². The topological polar surface area (TPSA) is 80.4 Å². The monoisotopic (exact) mass is 243 g/mol. The normalized spacial score (nSPS) is 13.2. The second-order valence-corrected chi connectivity index (χ2v) is 4.45. The van der Waals surface area contributed by atoms with Crippen LogP contribution in [0.25, 0.3) is 0 Å². The Bertz CT molecular complexity index is 315. The average molecular weight is 243 g/mol. The fraction of sp³-hybridized carbons (Fsp3) is 0.818. The minimum atomic E-state index is -0.512. The van der Waals surface area contributed by atoms with E-state index in [0.29, 0.717) is 43.9 Å². The van der Waals surface area contributed by atoms with Crippen LogP contribution in [0.2, 0.25) is 0 Å². The van der Waals surface area contributed by atoms with Crippen molar-refractivity contribution in [3.8, 4) is 0 Å². The fourth-order valence-electron chi connectivity index (χ4n) is 1.26. The number of aliphatic hydroxyl groups is 1. The van der Waals surface area contributed by atoms with Gasteiger partial charge < -0.3 is 19.7 Å². The quantitative estimate of drug-likeness (QED) is 0.692. The van der Waals surface area contributed by atoms with Gasteiger partial charge in [0.15, 0.2) is 5.82 Å². The SMILES string of the molecule is Cc1nc(CNCC(O)COCC(C)C)no1. The molecule has 2 N–H and O–H groups in total. The van der Waals surface area contributed by atoms with Crippen LogP contribution >= 0.6 is 0 Å². The molecule has 0 aliphatic rings. The third-order valence-electron chi connectivity index (χ3n) is 1.99. The van der Waals surface area contributed by atoms with Gasteiger partial charge in [0.25, 0.3) is 0 Å². The maximum atomic E-state index is 9.59. The Morgan fingerprint density at radius 1 is 1.41 bits per heavy atom. The molecule has 1 aromatic rings. The summed E-state index contributed by atoms with van der Waals surface area (Å²) in [6.45, 7) is 7.83. The molecule has 0 bridgehead atoms. The molecule has 1 unspecified atom stereocenters. The lowest BCUT2D eigenvalue weighted by molar-refractivity contribution is 0.0259. The van der Waals surface area contributed by atoms with Gasteiger partial charge in [0.05, 0.1) is 19.3 Å². The Morgan fingerprint density at radius 2 is 2.18 bits per heavy atom. The van der Waals surface area contributed by atoms with Crippen LogP contribution in [-0.2, 0) is 11.3 Å². The molecule has 0 aliphatic carbocycles. The first-order chi connectivity index (χ1) is 8.08. The summed E-state index contributed by atoms with van der Waals surface area (Å²) in [4.78, 5) is 4.04. The van der Waals surface area contributed by atoms with Crippen molar-refractivity contribution in [3.63, 3.8) is 0 Å². The smallest absolute Gasteiger partial charge is 0.223 e. The lowest BCUT2D eigenvalue weighted by Crippen LogP contribution is -2.30. The Labute approximate surface area is 101 Å². The fourth-order valence-corrected chi connectivity index (χ4v) is 1.26. The minimum absolute atomic E-state index is 0.344. The van der Waals surface area contributed by atoms with E-state index in [2.05, 4.69) is 29.3 Å². The Hall–Kier alpha value is -0.980. The van der Waals surface area contributed by atoms with Crippen molar-refractivity contribution in [2.45, 2.75) is 33.4 Å². The Morgan fingerprint density at radius 3 is 2.76 bits per heavy atom. The molecule has 98 valence electrons. The molecule has 1 heterocycles. The van der Waals surface area contributed by atoms with Gasteiger partial charge in [0.1, 0.15) is 0 Å². The highest BCUT2D eigenvalue weighted by atomic mass is 16.5. The summed E-state index contributed by atoms with van der Waals surface area (Å²) in [6.07, 6.45) is -0.512. The van der Waals surface area contributed by atoms with Crippen LogP contribution in [0, 0.1) is 12.8 Å². The Balaban J connectivity index is 2.05. The van der Waals surface area contributed by atoms with E-state index in [4.69, 9.17) is 9.26 Å². The third-order valence-corrected chi connectivity index (χ3v) is 1.99. The maximum absolute atomic E-state index is 9.59. The summed E-state index contributed by atoms with van der Waals surface area (Å²) in [6, 6.07) is 0. The first-order valence-electron chi connectivity index (χ1n) is 5.83. The van der Waals surface area contributed by atoms with E-state index >= 15 is 0 Å². The molecule has 1 atom stereocenters. The number of rotatable bonds is 8. The molecule has 0 saturated carbocycles. The van der Waals surface area contributed by atoms with E-state index in [1.165, 1.54) is 0 Å². The van der Waals surface area contributed by atoms with E-state index < -0.39 is 6.10 Å². The average Bonchev–Trinajstić information content (AvgIpc) is 2.63. The molecule has 0 spiro atoms. The van der Waals surface area contributed by atoms with Crippen molar-refractivity contribution < 1.29 is 14.4 Å². The highest BCUT2D eigenvalue weighted by Crippen LogP contribution is 1.95. The number of hydrogen-bond acceptors (Lipinski definition) is 6. The molecule has 17 heavy (non-hydrogen) atoms. The molecule has 0 aromatic carbocycles. The highest BCUT2D eigenvalue weighted by molar-refractivity contribution is 4.82. The predicted molar refractivity (Wildman–Crippen MR) is 62.4 cm³/mol. The molecular formula is C11H21N3O3. The number of hydrogen-bond donors (Lipinski definition) is 2. The van der Waals surface area contributed by atoms with Crippen LogP contribution in [-0.4, -0.2) is 41.1 Å². The van der Waals surface area contributed by atoms with Crippen molar-refractivity contribution in [1.82, 2.24) is 15.5 Å². The molecule has 6 nitrogen and oxygen atoms in total. The van der Waals surface area contributed by atoms with E-state index in [1.807, 2.05) is 0 Å². The summed E-state index contributed by atoms with van der Waals surface area (Å²) in [5.41, 5.74) is 0. The molecule has 1 rings (SSSR count). The molecule has 0 radical (unpaired) electrons. The molecule has 1 aromatic heterocycles. The van der Waals surface area contributed by atoms with Crippen LogP contribution in [0.3, 0.4) is 0 Å². The van der Waals surface area contributed by atoms with Crippen LogP contribution in [0.1, 0.15) is 25.6 Å². The summed E-state index contributed by atoms with van der Waals surface area (Å²) in [5, 5.41) is 16.4. The lowest BCUT2D eigenvalue weighted by Gasteiger charge is -2.12. The number of nitrogens with zero attached hydrogens (tertiary/aromatic N) is 2. The van der Waals surface area contributed by atoms with Gasteiger partial charge in [0.2, 0.25) is 5.89 Å². The maximum Gasteiger partial charge on any atom is 0.223 e. The number of nitrogens with one attached hydrogen (secondary N) is 1. The van der Waals surface area contributed by atoms with Gasteiger partial charge in [-0.05, 0) is 5.92 Å². The summed E-state index contributed by atoms with van der Waals surface area (Å²) < 4.78 is 10.1. The van der Waals surface area contributed by atoms with Crippen molar-refractivity contribution in [2.24, 2.45) is 5.92 Å². The number of aryl methyl sites for hydroxylation is 1. The summed E-state index contributed by atoms with van der Waals surface area (Å²) in [5.74, 6) is 1.62. The molecule has 0 fully saturated rings. The van der Waals surface area contributed by atoms with Gasteiger partial charge in [-0.2, -0.15) is 4.98 Å². The second-order valence-electron chi connectivity index (χ2n) is 4.45. The van der Waals surface area contributed by atoms with Crippen LogP contribution in [0.15, 0.2) is 4.52 Å².